The molecule has 0 aliphatic carbocycles. The highest BCUT2D eigenvalue weighted by atomic mass is 79.9. The molecule has 4 nitrogen and oxygen atoms in total. The second-order valence-electron chi connectivity index (χ2n) is 5.14. The van der Waals surface area contributed by atoms with Crippen LogP contribution >= 0.6 is 15.9 Å². The van der Waals surface area contributed by atoms with Gasteiger partial charge >= 0.3 is 0 Å². The van der Waals surface area contributed by atoms with E-state index in [1.165, 1.54) is 6.07 Å². The van der Waals surface area contributed by atoms with Crippen LogP contribution in [-0.4, -0.2) is 22.3 Å². The summed E-state index contributed by atoms with van der Waals surface area (Å²) in [5.74, 6) is -0.116. The Morgan fingerprint density at radius 3 is 2.81 bits per heavy atom. The van der Waals surface area contributed by atoms with Crippen LogP contribution < -0.4 is 5.56 Å². The summed E-state index contributed by atoms with van der Waals surface area (Å²) in [6.07, 6.45) is 1.92. The molecule has 2 heterocycles. The van der Waals surface area contributed by atoms with E-state index in [4.69, 9.17) is 0 Å². The molecule has 0 saturated carbocycles. The Labute approximate surface area is 130 Å². The van der Waals surface area contributed by atoms with E-state index < -0.39 is 0 Å². The number of hydrogen-bond acceptors (Lipinski definition) is 2. The Hall–Kier alpha value is -1.88. The maximum Gasteiger partial charge on any atom is 0.270 e. The number of aromatic amines is 1. The monoisotopic (exact) mass is 346 g/mol. The first-order valence-electron chi connectivity index (χ1n) is 6.91. The second-order valence-corrected chi connectivity index (χ2v) is 6.06. The Balaban J connectivity index is 1.90. The van der Waals surface area contributed by atoms with Gasteiger partial charge in [-0.3, -0.25) is 9.59 Å². The summed E-state index contributed by atoms with van der Waals surface area (Å²) in [4.78, 5) is 28.4. The quantitative estimate of drug-likeness (QED) is 0.908. The Morgan fingerprint density at radius 2 is 2.05 bits per heavy atom. The number of nitrogens with one attached hydrogen (secondary N) is 1. The van der Waals surface area contributed by atoms with Gasteiger partial charge in [-0.2, -0.15) is 0 Å². The average molecular weight is 347 g/mol. The molecule has 1 atom stereocenters. The molecule has 1 N–H and O–H groups in total. The van der Waals surface area contributed by atoms with Crippen molar-refractivity contribution >= 4 is 21.8 Å². The van der Waals surface area contributed by atoms with Crippen molar-refractivity contribution in [3.05, 3.63) is 68.5 Å². The minimum atomic E-state index is -0.251. The van der Waals surface area contributed by atoms with Crippen LogP contribution in [0.2, 0.25) is 0 Å². The molecule has 1 aliphatic heterocycles. The molecule has 1 fully saturated rings. The van der Waals surface area contributed by atoms with Gasteiger partial charge in [0.2, 0.25) is 5.56 Å². The molecule has 5 heteroatoms. The van der Waals surface area contributed by atoms with Crippen molar-refractivity contribution in [2.24, 2.45) is 0 Å². The number of pyridine rings is 1. The molecule has 108 valence electrons. The number of aromatic nitrogens is 1. The molecule has 1 aromatic carbocycles. The van der Waals surface area contributed by atoms with Gasteiger partial charge in [0.05, 0.1) is 6.04 Å². The number of halogens is 1. The highest BCUT2D eigenvalue weighted by molar-refractivity contribution is 9.10. The fraction of sp³-hybridized carbons (Fsp3) is 0.250. The van der Waals surface area contributed by atoms with E-state index in [-0.39, 0.29) is 17.5 Å². The SMILES string of the molecule is O=C(c1cccc(=O)[nH]1)N1CCCC1c1cccc(Br)c1. The molecule has 3 rings (SSSR count). The van der Waals surface area contributed by atoms with Gasteiger partial charge in [-0.15, -0.1) is 0 Å². The van der Waals surface area contributed by atoms with Crippen molar-refractivity contribution in [3.8, 4) is 0 Å². The zero-order valence-electron chi connectivity index (χ0n) is 11.4. The predicted molar refractivity (Wildman–Crippen MR) is 84.2 cm³/mol. The molecule has 1 aromatic heterocycles. The smallest absolute Gasteiger partial charge is 0.270 e. The maximum atomic E-state index is 12.6. The van der Waals surface area contributed by atoms with Crippen LogP contribution in [-0.2, 0) is 0 Å². The van der Waals surface area contributed by atoms with Crippen LogP contribution in [0.15, 0.2) is 51.7 Å². The molecule has 0 radical (unpaired) electrons. The first kappa shape index (κ1) is 14.1. The number of amides is 1. The Morgan fingerprint density at radius 1 is 1.24 bits per heavy atom. The number of nitrogens with zero attached hydrogens (tertiary/aromatic N) is 1. The summed E-state index contributed by atoms with van der Waals surface area (Å²) >= 11 is 3.47. The van der Waals surface area contributed by atoms with Crippen molar-refractivity contribution < 1.29 is 4.79 Å². The summed E-state index contributed by atoms with van der Waals surface area (Å²) in [6.45, 7) is 0.715. The lowest BCUT2D eigenvalue weighted by molar-refractivity contribution is 0.0729. The lowest BCUT2D eigenvalue weighted by Gasteiger charge is -2.25. The van der Waals surface area contributed by atoms with Gasteiger partial charge in [-0.25, -0.2) is 0 Å². The molecule has 0 spiro atoms. The third-order valence-corrected chi connectivity index (χ3v) is 4.24. The zero-order chi connectivity index (χ0) is 14.8. The van der Waals surface area contributed by atoms with Gasteiger partial charge in [0, 0.05) is 17.1 Å². The van der Waals surface area contributed by atoms with Crippen molar-refractivity contribution in [2.45, 2.75) is 18.9 Å². The molecule has 1 unspecified atom stereocenters. The highest BCUT2D eigenvalue weighted by Gasteiger charge is 2.30. The topological polar surface area (TPSA) is 53.2 Å². The van der Waals surface area contributed by atoms with Crippen LogP contribution in [0.25, 0.3) is 0 Å². The molecular weight excluding hydrogens is 332 g/mol. The van der Waals surface area contributed by atoms with Crippen LogP contribution in [0.5, 0.6) is 0 Å². The number of likely N-dealkylation sites (tertiary alicyclic amines) is 1. The van der Waals surface area contributed by atoms with Gasteiger partial charge in [0.15, 0.2) is 0 Å². The first-order valence-corrected chi connectivity index (χ1v) is 7.70. The molecule has 1 aliphatic rings. The predicted octanol–water partition coefficient (Wildman–Crippen LogP) is 3.11. The van der Waals surface area contributed by atoms with E-state index in [1.54, 1.807) is 12.1 Å². The molecule has 2 aromatic rings. The summed E-state index contributed by atoms with van der Waals surface area (Å²) in [5, 5.41) is 0. The number of rotatable bonds is 2. The molecule has 1 saturated heterocycles. The van der Waals surface area contributed by atoms with Crippen LogP contribution in [0.3, 0.4) is 0 Å². The van der Waals surface area contributed by atoms with E-state index in [0.29, 0.717) is 12.2 Å². The Bertz CT molecular complexity index is 726. The number of carbonyl (C=O) groups is 1. The van der Waals surface area contributed by atoms with Gasteiger partial charge in [0.25, 0.3) is 5.91 Å². The number of benzene rings is 1. The number of hydrogen-bond donors (Lipinski definition) is 1. The summed E-state index contributed by atoms with van der Waals surface area (Å²) in [7, 11) is 0. The van der Waals surface area contributed by atoms with Crippen molar-refractivity contribution in [1.29, 1.82) is 0 Å². The summed E-state index contributed by atoms with van der Waals surface area (Å²) < 4.78 is 1.01. The van der Waals surface area contributed by atoms with Crippen molar-refractivity contribution in [3.63, 3.8) is 0 Å². The van der Waals surface area contributed by atoms with Gasteiger partial charge < -0.3 is 9.88 Å². The van der Waals surface area contributed by atoms with E-state index in [1.807, 2.05) is 29.2 Å². The summed E-state index contributed by atoms with van der Waals surface area (Å²) in [5.41, 5.74) is 1.22. The van der Waals surface area contributed by atoms with E-state index in [2.05, 4.69) is 20.9 Å². The average Bonchev–Trinajstić information content (AvgIpc) is 2.96. The van der Waals surface area contributed by atoms with Gasteiger partial charge in [0.1, 0.15) is 5.69 Å². The third-order valence-electron chi connectivity index (χ3n) is 3.75. The number of carbonyl (C=O) groups excluding carboxylic acids is 1. The largest absolute Gasteiger partial charge is 0.330 e. The normalized spacial score (nSPS) is 18.0. The lowest BCUT2D eigenvalue weighted by Crippen LogP contribution is -2.32. The molecule has 0 bridgehead atoms. The molecule has 21 heavy (non-hydrogen) atoms. The highest BCUT2D eigenvalue weighted by Crippen LogP contribution is 2.33. The van der Waals surface area contributed by atoms with Crippen molar-refractivity contribution in [2.75, 3.05) is 6.54 Å². The fourth-order valence-corrected chi connectivity index (χ4v) is 3.21. The Kier molecular flexibility index (Phi) is 3.92. The van der Waals surface area contributed by atoms with E-state index in [0.717, 1.165) is 22.9 Å². The molecule has 1 amide bonds. The van der Waals surface area contributed by atoms with E-state index >= 15 is 0 Å². The first-order chi connectivity index (χ1) is 10.1. The van der Waals surface area contributed by atoms with E-state index in [9.17, 15) is 9.59 Å². The third kappa shape index (κ3) is 2.93. The van der Waals surface area contributed by atoms with Crippen LogP contribution in [0.1, 0.15) is 34.9 Å². The zero-order valence-corrected chi connectivity index (χ0v) is 13.0. The molecular formula is C16H15BrN2O2. The number of H-pyrrole nitrogens is 1. The lowest BCUT2D eigenvalue weighted by atomic mass is 10.0. The standard InChI is InChI=1S/C16H15BrN2O2/c17-12-5-1-4-11(10-12)14-7-3-9-19(14)16(21)13-6-2-8-15(20)18-13/h1-2,4-6,8,10,14H,3,7,9H2,(H,18,20). The summed E-state index contributed by atoms with van der Waals surface area (Å²) in [6, 6.07) is 12.8. The van der Waals surface area contributed by atoms with Crippen LogP contribution in [0.4, 0.5) is 0 Å². The minimum Gasteiger partial charge on any atom is -0.330 e. The van der Waals surface area contributed by atoms with Gasteiger partial charge in [-0.05, 0) is 36.6 Å². The fourth-order valence-electron chi connectivity index (χ4n) is 2.80. The van der Waals surface area contributed by atoms with Gasteiger partial charge in [-0.1, -0.05) is 34.1 Å². The minimum absolute atomic E-state index is 0.0682. The van der Waals surface area contributed by atoms with Crippen molar-refractivity contribution in [1.82, 2.24) is 9.88 Å². The maximum absolute atomic E-state index is 12.6. The second kappa shape index (κ2) is 5.85. The van der Waals surface area contributed by atoms with Crippen LogP contribution in [0, 0.1) is 0 Å².